The summed E-state index contributed by atoms with van der Waals surface area (Å²) in [7, 11) is 2.13. The first-order chi connectivity index (χ1) is 12.4. The van der Waals surface area contributed by atoms with Crippen LogP contribution in [-0.2, 0) is 4.79 Å². The Kier molecular flexibility index (Phi) is 8.11. The lowest BCUT2D eigenvalue weighted by atomic mass is 9.97. The summed E-state index contributed by atoms with van der Waals surface area (Å²) in [5.41, 5.74) is 0.377. The Morgan fingerprint density at radius 3 is 2.59 bits per heavy atom. The monoisotopic (exact) mass is 510 g/mol. The summed E-state index contributed by atoms with van der Waals surface area (Å²) in [6, 6.07) is 4.21. The van der Waals surface area contributed by atoms with Crippen molar-refractivity contribution in [1.82, 2.24) is 9.80 Å². The molecule has 0 spiro atoms. The van der Waals surface area contributed by atoms with Crippen LogP contribution in [0.4, 0.5) is 14.9 Å². The molecule has 1 aromatic carbocycles. The third-order valence-electron chi connectivity index (χ3n) is 5.14. The van der Waals surface area contributed by atoms with Crippen LogP contribution in [-0.4, -0.2) is 68.1 Å². The van der Waals surface area contributed by atoms with Gasteiger partial charge in [0.1, 0.15) is 5.82 Å². The van der Waals surface area contributed by atoms with Gasteiger partial charge >= 0.3 is 6.03 Å². The van der Waals surface area contributed by atoms with Gasteiger partial charge in [-0.3, -0.25) is 4.79 Å². The molecule has 9 heteroatoms. The lowest BCUT2D eigenvalue weighted by Gasteiger charge is -2.38. The van der Waals surface area contributed by atoms with Gasteiger partial charge in [-0.2, -0.15) is 0 Å². The predicted molar refractivity (Wildman–Crippen MR) is 97.9 cm³/mol. The zero-order valence-electron chi connectivity index (χ0n) is 15.3. The minimum absolute atomic E-state index is 0. The third-order valence-corrected chi connectivity index (χ3v) is 5.44. The molecule has 1 atom stereocenters. The standard InChI is InChI=1S/C18H24ClFN4O2.HI/c1-22-7-9-23(10-8-22)18(26)24-6-2-3-13(12-24)17(25)21-14-4-5-15(19)16(20)11-14;/h4-5,11,13H,2-3,6-10,12H2,1H3,(H,21,25);1H/t13-;/m0./s1. The molecular weight excluding hydrogens is 486 g/mol. The number of benzene rings is 1. The SMILES string of the molecule is C[NH+]1CCN(C(=O)N2CCC[C@H](C(=O)Nc3ccc(Cl)c(F)c3)C2)CC1.[I-]. The van der Waals surface area contributed by atoms with Crippen molar-refractivity contribution >= 4 is 29.2 Å². The van der Waals surface area contributed by atoms with Crippen molar-refractivity contribution in [3.8, 4) is 0 Å². The number of likely N-dealkylation sites (tertiary alicyclic amines) is 1. The minimum atomic E-state index is -0.567. The molecule has 0 aliphatic carbocycles. The Hall–Kier alpha value is -1.13. The van der Waals surface area contributed by atoms with Gasteiger partial charge in [0.25, 0.3) is 0 Å². The first kappa shape index (κ1) is 22.2. The highest BCUT2D eigenvalue weighted by Gasteiger charge is 2.32. The Bertz CT molecular complexity index is 685. The summed E-state index contributed by atoms with van der Waals surface area (Å²) in [6.07, 6.45) is 1.51. The normalized spacial score (nSPS) is 20.8. The van der Waals surface area contributed by atoms with E-state index in [1.807, 2.05) is 4.90 Å². The van der Waals surface area contributed by atoms with E-state index in [0.29, 0.717) is 18.8 Å². The smallest absolute Gasteiger partial charge is 0.320 e. The molecule has 2 heterocycles. The summed E-state index contributed by atoms with van der Waals surface area (Å²) >= 11 is 5.66. The molecule has 2 saturated heterocycles. The maximum absolute atomic E-state index is 13.5. The van der Waals surface area contributed by atoms with Crippen molar-refractivity contribution in [3.63, 3.8) is 0 Å². The van der Waals surface area contributed by atoms with Gasteiger partial charge in [-0.25, -0.2) is 9.18 Å². The zero-order valence-corrected chi connectivity index (χ0v) is 18.2. The van der Waals surface area contributed by atoms with E-state index >= 15 is 0 Å². The molecule has 3 rings (SSSR count). The van der Waals surface area contributed by atoms with Gasteiger partial charge in [0.15, 0.2) is 0 Å². The molecule has 0 unspecified atom stereocenters. The number of carbonyl (C=O) groups excluding carboxylic acids is 2. The van der Waals surface area contributed by atoms with Crippen LogP contribution in [0.1, 0.15) is 12.8 Å². The minimum Gasteiger partial charge on any atom is -1.00 e. The molecule has 0 aromatic heterocycles. The number of piperazine rings is 1. The number of carbonyl (C=O) groups is 2. The molecule has 1 aromatic rings. The number of likely N-dealkylation sites (N-methyl/N-ethyl adjacent to an activating group) is 1. The van der Waals surface area contributed by atoms with Gasteiger partial charge in [-0.15, -0.1) is 0 Å². The molecule has 2 fully saturated rings. The summed E-state index contributed by atoms with van der Waals surface area (Å²) in [5, 5.41) is 2.75. The van der Waals surface area contributed by atoms with Crippen molar-refractivity contribution in [3.05, 3.63) is 29.0 Å². The van der Waals surface area contributed by atoms with Crippen molar-refractivity contribution < 1.29 is 42.9 Å². The van der Waals surface area contributed by atoms with E-state index in [2.05, 4.69) is 12.4 Å². The van der Waals surface area contributed by atoms with Gasteiger partial charge in [0, 0.05) is 18.8 Å². The predicted octanol–water partition coefficient (Wildman–Crippen LogP) is -1.92. The molecule has 2 aliphatic rings. The fraction of sp³-hybridized carbons (Fsp3) is 0.556. The molecule has 2 N–H and O–H groups in total. The zero-order chi connectivity index (χ0) is 18.7. The fourth-order valence-corrected chi connectivity index (χ4v) is 3.58. The topological polar surface area (TPSA) is 57.1 Å². The first-order valence-electron chi connectivity index (χ1n) is 9.05. The van der Waals surface area contributed by atoms with Gasteiger partial charge in [-0.1, -0.05) is 11.6 Å². The molecule has 6 nitrogen and oxygen atoms in total. The average Bonchev–Trinajstić information content (AvgIpc) is 2.65. The number of nitrogens with zero attached hydrogens (tertiary/aromatic N) is 2. The second-order valence-electron chi connectivity index (χ2n) is 7.13. The van der Waals surface area contributed by atoms with Crippen molar-refractivity contribution in [2.24, 2.45) is 5.92 Å². The van der Waals surface area contributed by atoms with Crippen molar-refractivity contribution in [2.45, 2.75) is 12.8 Å². The summed E-state index contributed by atoms with van der Waals surface area (Å²) in [4.78, 5) is 30.3. The molecule has 150 valence electrons. The Morgan fingerprint density at radius 2 is 1.93 bits per heavy atom. The summed E-state index contributed by atoms with van der Waals surface area (Å²) in [6.45, 7) is 4.48. The maximum Gasteiger partial charge on any atom is 0.320 e. The second-order valence-corrected chi connectivity index (χ2v) is 7.54. The number of urea groups is 1. The first-order valence-corrected chi connectivity index (χ1v) is 9.43. The number of hydrogen-bond acceptors (Lipinski definition) is 2. The number of nitrogens with one attached hydrogen (secondary N) is 2. The largest absolute Gasteiger partial charge is 1.00 e. The number of amides is 3. The van der Waals surface area contributed by atoms with Crippen LogP contribution >= 0.6 is 11.6 Å². The van der Waals surface area contributed by atoms with E-state index in [1.165, 1.54) is 17.0 Å². The van der Waals surface area contributed by atoms with Crippen LogP contribution < -0.4 is 34.2 Å². The maximum atomic E-state index is 13.5. The molecule has 3 amide bonds. The van der Waals surface area contributed by atoms with Crippen LogP contribution in [0.25, 0.3) is 0 Å². The fourth-order valence-electron chi connectivity index (χ4n) is 3.46. The highest BCUT2D eigenvalue weighted by atomic mass is 127. The third kappa shape index (κ3) is 5.68. The Balaban J connectivity index is 0.00000261. The van der Waals surface area contributed by atoms with Crippen LogP contribution in [0.15, 0.2) is 18.2 Å². The van der Waals surface area contributed by atoms with E-state index in [-0.39, 0.29) is 46.9 Å². The molecule has 0 radical (unpaired) electrons. The van der Waals surface area contributed by atoms with Gasteiger partial charge < -0.3 is 44.0 Å². The number of hydrogen-bond donors (Lipinski definition) is 2. The molecular formula is C18H25ClFIN4O2. The van der Waals surface area contributed by atoms with Crippen LogP contribution in [0, 0.1) is 11.7 Å². The lowest BCUT2D eigenvalue weighted by molar-refractivity contribution is -0.883. The van der Waals surface area contributed by atoms with Gasteiger partial charge in [0.2, 0.25) is 5.91 Å². The highest BCUT2D eigenvalue weighted by Crippen LogP contribution is 2.22. The van der Waals surface area contributed by atoms with E-state index in [1.54, 1.807) is 11.0 Å². The van der Waals surface area contributed by atoms with Crippen molar-refractivity contribution in [2.75, 3.05) is 51.6 Å². The number of halogens is 3. The summed E-state index contributed by atoms with van der Waals surface area (Å²) < 4.78 is 13.5. The number of piperidine rings is 1. The Labute approximate surface area is 181 Å². The number of quaternary nitrogens is 1. The second kappa shape index (κ2) is 9.88. The molecule has 0 saturated carbocycles. The number of rotatable bonds is 2. The van der Waals surface area contributed by atoms with E-state index in [9.17, 15) is 14.0 Å². The lowest BCUT2D eigenvalue weighted by Crippen LogP contribution is -3.12. The Morgan fingerprint density at radius 1 is 1.22 bits per heavy atom. The quantitative estimate of drug-likeness (QED) is 0.456. The van der Waals surface area contributed by atoms with Crippen LogP contribution in [0.3, 0.4) is 0 Å². The van der Waals surface area contributed by atoms with Crippen LogP contribution in [0.5, 0.6) is 0 Å². The van der Waals surface area contributed by atoms with E-state index < -0.39 is 5.82 Å². The average molecular weight is 511 g/mol. The molecule has 2 aliphatic heterocycles. The van der Waals surface area contributed by atoms with Gasteiger partial charge in [-0.05, 0) is 31.0 Å². The molecule has 0 bridgehead atoms. The van der Waals surface area contributed by atoms with Crippen molar-refractivity contribution in [1.29, 1.82) is 0 Å². The van der Waals surface area contributed by atoms with Gasteiger partial charge in [0.05, 0.1) is 44.2 Å². The van der Waals surface area contributed by atoms with E-state index in [0.717, 1.165) is 39.0 Å². The summed E-state index contributed by atoms with van der Waals surface area (Å²) in [5.74, 6) is -1.04. The highest BCUT2D eigenvalue weighted by molar-refractivity contribution is 6.30. The van der Waals surface area contributed by atoms with E-state index in [4.69, 9.17) is 11.6 Å². The van der Waals surface area contributed by atoms with Crippen LogP contribution in [0.2, 0.25) is 5.02 Å². The molecule has 27 heavy (non-hydrogen) atoms. The number of anilines is 1.